The molecule has 5 rings (SSSR count). The second-order valence-corrected chi connectivity index (χ2v) is 11.3. The molecular formula is C25H31N5O4S. The van der Waals surface area contributed by atoms with Gasteiger partial charge in [-0.25, -0.2) is 18.2 Å². The molecule has 2 aliphatic rings. The molecule has 2 aromatic heterocycles. The number of carbonyl (C=O) groups is 1. The highest BCUT2D eigenvalue weighted by atomic mass is 32.2. The fourth-order valence-electron chi connectivity index (χ4n) is 4.99. The van der Waals surface area contributed by atoms with Crippen LogP contribution in [0.4, 0.5) is 11.5 Å². The summed E-state index contributed by atoms with van der Waals surface area (Å²) < 4.78 is 30.6. The zero-order valence-electron chi connectivity index (χ0n) is 20.3. The summed E-state index contributed by atoms with van der Waals surface area (Å²) in [4.78, 5) is 22.2. The van der Waals surface area contributed by atoms with E-state index in [2.05, 4.69) is 19.7 Å². The first-order valence-corrected chi connectivity index (χ1v) is 13.7. The van der Waals surface area contributed by atoms with Crippen molar-refractivity contribution in [1.82, 2.24) is 14.9 Å². The number of rotatable bonds is 6. The molecule has 1 aliphatic heterocycles. The largest absolute Gasteiger partial charge is 0.465 e. The molecule has 0 bridgehead atoms. The van der Waals surface area contributed by atoms with E-state index in [4.69, 9.17) is 9.72 Å². The van der Waals surface area contributed by atoms with E-state index in [9.17, 15) is 13.2 Å². The Morgan fingerprint density at radius 2 is 1.69 bits per heavy atom. The number of nitrogens with one attached hydrogen (secondary N) is 1. The van der Waals surface area contributed by atoms with Crippen LogP contribution in [-0.2, 0) is 14.6 Å². The topological polar surface area (TPSA) is 96.8 Å². The van der Waals surface area contributed by atoms with Crippen molar-refractivity contribution in [2.75, 3.05) is 56.4 Å². The smallest absolute Gasteiger partial charge is 0.340 e. The minimum absolute atomic E-state index is 0.308. The average molecular weight is 498 g/mol. The van der Waals surface area contributed by atoms with Gasteiger partial charge in [0.15, 0.2) is 9.84 Å². The molecule has 10 heteroatoms. The summed E-state index contributed by atoms with van der Waals surface area (Å²) in [5.74, 6) is 0.549. The monoisotopic (exact) mass is 497 g/mol. The van der Waals surface area contributed by atoms with E-state index in [1.54, 1.807) is 12.1 Å². The molecule has 2 fully saturated rings. The molecule has 3 aromatic rings. The van der Waals surface area contributed by atoms with E-state index in [-0.39, 0.29) is 5.97 Å². The van der Waals surface area contributed by atoms with Crippen molar-refractivity contribution in [1.29, 1.82) is 0 Å². The second-order valence-electron chi connectivity index (χ2n) is 9.33. The van der Waals surface area contributed by atoms with Crippen LogP contribution in [0.25, 0.3) is 11.0 Å². The van der Waals surface area contributed by atoms with Gasteiger partial charge in [0.05, 0.1) is 17.6 Å². The number of esters is 1. The van der Waals surface area contributed by atoms with Crippen LogP contribution in [-0.4, -0.2) is 76.6 Å². The first kappa shape index (κ1) is 23.6. The predicted octanol–water partition coefficient (Wildman–Crippen LogP) is 2.48. The molecule has 0 amide bonds. The number of hydrogen-bond donors (Lipinski definition) is 1. The molecule has 1 N–H and O–H groups in total. The lowest BCUT2D eigenvalue weighted by Crippen LogP contribution is -2.46. The Balaban J connectivity index is 1.35. The van der Waals surface area contributed by atoms with Crippen molar-refractivity contribution < 1.29 is 17.9 Å². The van der Waals surface area contributed by atoms with Gasteiger partial charge in [0.1, 0.15) is 11.5 Å². The highest BCUT2D eigenvalue weighted by Crippen LogP contribution is 2.36. The maximum Gasteiger partial charge on any atom is 0.340 e. The minimum Gasteiger partial charge on any atom is -0.465 e. The molecule has 1 aromatic carbocycles. The fraction of sp³-hybridized carbons (Fsp3) is 0.440. The lowest BCUT2D eigenvalue weighted by molar-refractivity contribution is 0.0602. The van der Waals surface area contributed by atoms with Gasteiger partial charge in [-0.1, -0.05) is 0 Å². The van der Waals surface area contributed by atoms with Crippen LogP contribution in [0.5, 0.6) is 0 Å². The van der Waals surface area contributed by atoms with Gasteiger partial charge in [-0.2, -0.15) is 0 Å². The third kappa shape index (κ3) is 4.48. The van der Waals surface area contributed by atoms with Crippen LogP contribution >= 0.6 is 0 Å². The number of hydrogen-bond acceptors (Lipinski definition) is 8. The number of aromatic nitrogens is 2. The summed E-state index contributed by atoms with van der Waals surface area (Å²) in [6.07, 6.45) is 5.12. The van der Waals surface area contributed by atoms with Gasteiger partial charge in [-0.15, -0.1) is 0 Å². The minimum atomic E-state index is -3.20. The Hall–Kier alpha value is -3.11. The lowest BCUT2D eigenvalue weighted by Gasteiger charge is -2.37. The van der Waals surface area contributed by atoms with Gasteiger partial charge in [0.25, 0.3) is 0 Å². The maximum atomic E-state index is 12.4. The van der Waals surface area contributed by atoms with E-state index in [0.717, 1.165) is 61.6 Å². The van der Waals surface area contributed by atoms with Crippen LogP contribution < -0.4 is 15.1 Å². The van der Waals surface area contributed by atoms with Crippen molar-refractivity contribution in [2.45, 2.75) is 29.8 Å². The van der Waals surface area contributed by atoms with Gasteiger partial charge >= 0.3 is 5.97 Å². The number of ether oxygens (including phenoxy) is 1. The SMILES string of the molecule is CNC1CC(n2cc(C(=O)OC)c3ccc(N4CCN(c5ccc(S(C)(=O)=O)cc5)CC4)nc32)C1. The van der Waals surface area contributed by atoms with Gasteiger partial charge in [0, 0.05) is 61.8 Å². The number of sulfone groups is 1. The molecule has 0 atom stereocenters. The number of pyridine rings is 1. The third-order valence-electron chi connectivity index (χ3n) is 7.22. The molecule has 1 aliphatic carbocycles. The molecule has 186 valence electrons. The number of methoxy groups -OCH3 is 1. The van der Waals surface area contributed by atoms with Gasteiger partial charge in [-0.05, 0) is 56.3 Å². The summed E-state index contributed by atoms with van der Waals surface area (Å²) in [6, 6.07) is 11.8. The zero-order chi connectivity index (χ0) is 24.7. The Labute approximate surface area is 205 Å². The highest BCUT2D eigenvalue weighted by molar-refractivity contribution is 7.90. The van der Waals surface area contributed by atoms with Crippen LogP contribution in [0, 0.1) is 0 Å². The Bertz CT molecular complexity index is 1340. The first-order chi connectivity index (χ1) is 16.8. The Morgan fingerprint density at radius 3 is 2.29 bits per heavy atom. The number of benzene rings is 1. The third-order valence-corrected chi connectivity index (χ3v) is 8.35. The zero-order valence-corrected chi connectivity index (χ0v) is 21.1. The highest BCUT2D eigenvalue weighted by Gasteiger charge is 2.32. The molecule has 0 radical (unpaired) electrons. The number of piperazine rings is 1. The van der Waals surface area contributed by atoms with E-state index in [0.29, 0.717) is 22.5 Å². The van der Waals surface area contributed by atoms with Crippen LogP contribution in [0.15, 0.2) is 47.5 Å². The number of fused-ring (bicyclic) bond motifs is 1. The molecule has 35 heavy (non-hydrogen) atoms. The molecule has 0 unspecified atom stereocenters. The standard InChI is InChI=1S/C25H31N5O4S/c1-26-17-14-19(15-17)30-16-22(25(31)34-2)21-8-9-23(27-24(21)30)29-12-10-28(11-13-29)18-4-6-20(7-5-18)35(3,32)33/h4-9,16-17,19,26H,10-15H2,1-3H3. The van der Waals surface area contributed by atoms with Gasteiger partial charge in [0.2, 0.25) is 0 Å². The normalized spacial score (nSPS) is 20.7. The van der Waals surface area contributed by atoms with Crippen molar-refractivity contribution in [2.24, 2.45) is 0 Å². The number of anilines is 2. The Kier molecular flexibility index (Phi) is 6.18. The summed E-state index contributed by atoms with van der Waals surface area (Å²) in [5.41, 5.74) is 2.39. The lowest BCUT2D eigenvalue weighted by atomic mass is 9.87. The van der Waals surface area contributed by atoms with E-state index >= 15 is 0 Å². The molecular weight excluding hydrogens is 466 g/mol. The van der Waals surface area contributed by atoms with E-state index in [1.807, 2.05) is 37.5 Å². The maximum absolute atomic E-state index is 12.4. The first-order valence-electron chi connectivity index (χ1n) is 11.9. The summed E-state index contributed by atoms with van der Waals surface area (Å²) in [5, 5.41) is 4.13. The van der Waals surface area contributed by atoms with Crippen molar-refractivity contribution in [3.63, 3.8) is 0 Å². The molecule has 9 nitrogen and oxygen atoms in total. The van der Waals surface area contributed by atoms with Crippen molar-refractivity contribution in [3.05, 3.63) is 48.2 Å². The van der Waals surface area contributed by atoms with Crippen molar-refractivity contribution in [3.8, 4) is 0 Å². The van der Waals surface area contributed by atoms with E-state index in [1.165, 1.54) is 13.4 Å². The van der Waals surface area contributed by atoms with Gasteiger partial charge in [-0.3, -0.25) is 0 Å². The van der Waals surface area contributed by atoms with E-state index < -0.39 is 9.84 Å². The van der Waals surface area contributed by atoms with Crippen LogP contribution in [0.1, 0.15) is 29.2 Å². The molecule has 1 saturated carbocycles. The summed E-state index contributed by atoms with van der Waals surface area (Å²) >= 11 is 0. The summed E-state index contributed by atoms with van der Waals surface area (Å²) in [7, 11) is 0.181. The molecule has 1 saturated heterocycles. The predicted molar refractivity (Wildman–Crippen MR) is 136 cm³/mol. The van der Waals surface area contributed by atoms with Crippen LogP contribution in [0.2, 0.25) is 0 Å². The second kappa shape index (κ2) is 9.16. The summed E-state index contributed by atoms with van der Waals surface area (Å²) in [6.45, 7) is 3.20. The van der Waals surface area contributed by atoms with Gasteiger partial charge < -0.3 is 24.4 Å². The quantitative estimate of drug-likeness (QED) is 0.519. The van der Waals surface area contributed by atoms with Crippen LogP contribution in [0.3, 0.4) is 0 Å². The number of nitrogens with zero attached hydrogens (tertiary/aromatic N) is 4. The fourth-order valence-corrected chi connectivity index (χ4v) is 5.62. The van der Waals surface area contributed by atoms with Crippen molar-refractivity contribution >= 4 is 38.3 Å². The number of carbonyl (C=O) groups excluding carboxylic acids is 1. The molecule has 0 spiro atoms. The average Bonchev–Trinajstić information content (AvgIpc) is 3.21. The Morgan fingerprint density at radius 1 is 1.03 bits per heavy atom. The molecule has 3 heterocycles.